The van der Waals surface area contributed by atoms with Crippen molar-refractivity contribution in [2.75, 3.05) is 6.61 Å². The monoisotopic (exact) mass is 211 g/mol. The highest BCUT2D eigenvalue weighted by Gasteiger charge is 2.10. The molecule has 0 saturated carbocycles. The molecule has 0 atom stereocenters. The van der Waals surface area contributed by atoms with E-state index >= 15 is 0 Å². The molecule has 0 aromatic carbocycles. The molecule has 1 aromatic heterocycles. The fraction of sp³-hybridized carbons (Fsp3) is 0.111. The molecule has 0 bridgehead atoms. The van der Waals surface area contributed by atoms with Gasteiger partial charge >= 0.3 is 5.97 Å². The van der Waals surface area contributed by atoms with Crippen LogP contribution >= 0.6 is 11.6 Å². The second-order valence-electron chi connectivity index (χ2n) is 2.30. The zero-order valence-electron chi connectivity index (χ0n) is 6.99. The lowest BCUT2D eigenvalue weighted by molar-refractivity contribution is 0.0690. The number of carbonyl (C=O) groups is 1. The van der Waals surface area contributed by atoms with Crippen LogP contribution in [0.15, 0.2) is 12.1 Å². The van der Waals surface area contributed by atoms with Gasteiger partial charge in [-0.25, -0.2) is 9.78 Å². The number of rotatable bonds is 1. The van der Waals surface area contributed by atoms with E-state index in [0.717, 1.165) is 0 Å². The number of aromatic carboxylic acids is 1. The van der Waals surface area contributed by atoms with Crippen LogP contribution in [0.1, 0.15) is 16.1 Å². The van der Waals surface area contributed by atoms with Crippen molar-refractivity contribution in [3.63, 3.8) is 0 Å². The number of pyridine rings is 1. The molecule has 0 radical (unpaired) electrons. The Balaban J connectivity index is 3.22. The van der Waals surface area contributed by atoms with E-state index < -0.39 is 5.97 Å². The predicted molar refractivity (Wildman–Crippen MR) is 50.2 cm³/mol. The first-order chi connectivity index (χ1) is 6.65. The lowest BCUT2D eigenvalue weighted by Gasteiger charge is -1.97. The summed E-state index contributed by atoms with van der Waals surface area (Å²) in [6, 6.07) is 2.89. The molecule has 4 nitrogen and oxygen atoms in total. The van der Waals surface area contributed by atoms with Crippen molar-refractivity contribution >= 4 is 17.6 Å². The number of nitrogens with zero attached hydrogens (tertiary/aromatic N) is 1. The summed E-state index contributed by atoms with van der Waals surface area (Å²) < 4.78 is 0. The third-order valence-electron chi connectivity index (χ3n) is 1.37. The van der Waals surface area contributed by atoms with Gasteiger partial charge in [-0.2, -0.15) is 0 Å². The first-order valence-electron chi connectivity index (χ1n) is 3.64. The third-order valence-corrected chi connectivity index (χ3v) is 1.58. The molecule has 0 amide bonds. The van der Waals surface area contributed by atoms with E-state index in [1.54, 1.807) is 0 Å². The molecule has 0 spiro atoms. The minimum atomic E-state index is -1.20. The van der Waals surface area contributed by atoms with Crippen molar-refractivity contribution in [1.29, 1.82) is 0 Å². The summed E-state index contributed by atoms with van der Waals surface area (Å²) in [6.45, 7) is -0.332. The van der Waals surface area contributed by atoms with Crippen molar-refractivity contribution in [3.8, 4) is 11.8 Å². The van der Waals surface area contributed by atoms with E-state index in [1.807, 2.05) is 0 Å². The summed E-state index contributed by atoms with van der Waals surface area (Å²) in [5.74, 6) is 3.61. The van der Waals surface area contributed by atoms with E-state index in [9.17, 15) is 4.79 Å². The Kier molecular flexibility index (Phi) is 3.46. The number of halogens is 1. The standard InChI is InChI=1S/C9H6ClNO3/c10-7-4-3-6(2-1-5-12)8(11-7)9(13)14/h3-4,12H,5H2,(H,13,14). The average Bonchev–Trinajstić information content (AvgIpc) is 2.15. The zero-order valence-corrected chi connectivity index (χ0v) is 7.75. The van der Waals surface area contributed by atoms with Crippen LogP contribution in [-0.4, -0.2) is 27.8 Å². The van der Waals surface area contributed by atoms with Crippen molar-refractivity contribution < 1.29 is 15.0 Å². The van der Waals surface area contributed by atoms with E-state index in [2.05, 4.69) is 16.8 Å². The fourth-order valence-corrected chi connectivity index (χ4v) is 0.981. The second-order valence-corrected chi connectivity index (χ2v) is 2.68. The molecule has 72 valence electrons. The molecule has 0 saturated heterocycles. The van der Waals surface area contributed by atoms with E-state index in [-0.39, 0.29) is 23.0 Å². The summed E-state index contributed by atoms with van der Waals surface area (Å²) in [4.78, 5) is 14.3. The molecule has 0 aliphatic heterocycles. The van der Waals surface area contributed by atoms with Gasteiger partial charge in [0.25, 0.3) is 0 Å². The van der Waals surface area contributed by atoms with Crippen molar-refractivity contribution in [2.45, 2.75) is 0 Å². The molecule has 1 aromatic rings. The van der Waals surface area contributed by atoms with Gasteiger partial charge in [0.2, 0.25) is 0 Å². The van der Waals surface area contributed by atoms with E-state index in [4.69, 9.17) is 21.8 Å². The SMILES string of the molecule is O=C(O)c1nc(Cl)ccc1C#CCO. The van der Waals surface area contributed by atoms with Gasteiger partial charge in [-0.1, -0.05) is 23.4 Å². The van der Waals surface area contributed by atoms with Crippen molar-refractivity contribution in [3.05, 3.63) is 28.5 Å². The third kappa shape index (κ3) is 2.46. The summed E-state index contributed by atoms with van der Waals surface area (Å²) >= 11 is 5.52. The van der Waals surface area contributed by atoms with Crippen LogP contribution in [0.2, 0.25) is 5.15 Å². The molecule has 5 heteroatoms. The fourth-order valence-electron chi connectivity index (χ4n) is 0.834. The number of carboxylic acid groups (broad SMARTS) is 1. The Hall–Kier alpha value is -1.57. The van der Waals surface area contributed by atoms with Crippen LogP contribution in [0.4, 0.5) is 0 Å². The highest BCUT2D eigenvalue weighted by atomic mass is 35.5. The molecule has 1 rings (SSSR count). The number of hydrogen-bond donors (Lipinski definition) is 2. The molecular weight excluding hydrogens is 206 g/mol. The van der Waals surface area contributed by atoms with Crippen molar-refractivity contribution in [2.24, 2.45) is 0 Å². The maximum Gasteiger partial charge on any atom is 0.355 e. The molecule has 0 fully saturated rings. The lowest BCUT2D eigenvalue weighted by atomic mass is 10.2. The molecular formula is C9H6ClNO3. The summed E-state index contributed by atoms with van der Waals surface area (Å²) in [5.41, 5.74) is 0.0226. The van der Waals surface area contributed by atoms with E-state index in [1.165, 1.54) is 12.1 Å². The van der Waals surface area contributed by atoms with Gasteiger partial charge < -0.3 is 10.2 Å². The Labute approximate surface area is 85.2 Å². The number of aromatic nitrogens is 1. The minimum absolute atomic E-state index is 0.0944. The normalized spacial score (nSPS) is 9.00. The van der Waals surface area contributed by atoms with Gasteiger partial charge in [0.05, 0.1) is 5.56 Å². The smallest absolute Gasteiger partial charge is 0.355 e. The lowest BCUT2D eigenvalue weighted by Crippen LogP contribution is -2.03. The summed E-state index contributed by atoms with van der Waals surface area (Å²) in [5, 5.41) is 17.3. The quantitative estimate of drug-likeness (QED) is 0.532. The molecule has 1 heterocycles. The Morgan fingerprint density at radius 2 is 2.29 bits per heavy atom. The highest BCUT2D eigenvalue weighted by Crippen LogP contribution is 2.10. The number of aliphatic hydroxyl groups excluding tert-OH is 1. The maximum absolute atomic E-state index is 10.7. The minimum Gasteiger partial charge on any atom is -0.476 e. The highest BCUT2D eigenvalue weighted by molar-refractivity contribution is 6.29. The average molecular weight is 212 g/mol. The van der Waals surface area contributed by atoms with E-state index in [0.29, 0.717) is 0 Å². The first-order valence-corrected chi connectivity index (χ1v) is 4.02. The molecule has 14 heavy (non-hydrogen) atoms. The Morgan fingerprint density at radius 1 is 1.57 bits per heavy atom. The number of carboxylic acids is 1. The van der Waals surface area contributed by atoms with Crippen LogP contribution in [0.25, 0.3) is 0 Å². The van der Waals surface area contributed by atoms with Gasteiger partial charge in [0.1, 0.15) is 11.8 Å². The van der Waals surface area contributed by atoms with Crippen LogP contribution in [0, 0.1) is 11.8 Å². The van der Waals surface area contributed by atoms with Crippen LogP contribution in [0.3, 0.4) is 0 Å². The van der Waals surface area contributed by atoms with Crippen LogP contribution in [-0.2, 0) is 0 Å². The number of aliphatic hydroxyl groups is 1. The predicted octanol–water partition coefficient (Wildman–Crippen LogP) is 0.777. The van der Waals surface area contributed by atoms with Crippen LogP contribution in [0.5, 0.6) is 0 Å². The Bertz CT molecular complexity index is 420. The molecule has 0 unspecified atom stereocenters. The van der Waals surface area contributed by atoms with Gasteiger partial charge in [-0.05, 0) is 12.1 Å². The largest absolute Gasteiger partial charge is 0.476 e. The Morgan fingerprint density at radius 3 is 2.86 bits per heavy atom. The summed E-state index contributed by atoms with van der Waals surface area (Å²) in [7, 11) is 0. The summed E-state index contributed by atoms with van der Waals surface area (Å²) in [6.07, 6.45) is 0. The van der Waals surface area contributed by atoms with Crippen molar-refractivity contribution in [1.82, 2.24) is 4.98 Å². The van der Waals surface area contributed by atoms with Gasteiger partial charge in [-0.3, -0.25) is 0 Å². The molecule has 0 aliphatic rings. The topological polar surface area (TPSA) is 70.4 Å². The van der Waals surface area contributed by atoms with Gasteiger partial charge in [0.15, 0.2) is 5.69 Å². The zero-order chi connectivity index (χ0) is 10.6. The maximum atomic E-state index is 10.7. The molecule has 0 aliphatic carbocycles. The van der Waals surface area contributed by atoms with Gasteiger partial charge in [0, 0.05) is 0 Å². The molecule has 2 N–H and O–H groups in total. The first kappa shape index (κ1) is 10.5. The van der Waals surface area contributed by atoms with Gasteiger partial charge in [-0.15, -0.1) is 0 Å². The second kappa shape index (κ2) is 4.61. The van der Waals surface area contributed by atoms with Crippen LogP contribution < -0.4 is 0 Å². The number of hydrogen-bond acceptors (Lipinski definition) is 3.